The van der Waals surface area contributed by atoms with Crippen LogP contribution in [0.1, 0.15) is 69.9 Å². The summed E-state index contributed by atoms with van der Waals surface area (Å²) in [6, 6.07) is 8.97. The Kier molecular flexibility index (Phi) is 8.66. The predicted octanol–water partition coefficient (Wildman–Crippen LogP) is 0.469. The molecule has 2 atom stereocenters. The summed E-state index contributed by atoms with van der Waals surface area (Å²) in [6.45, 7) is 7.17. The van der Waals surface area contributed by atoms with E-state index in [0.29, 0.717) is 11.8 Å². The molecule has 4 rings (SSSR count). The van der Waals surface area contributed by atoms with Crippen molar-refractivity contribution < 1.29 is 51.0 Å². The summed E-state index contributed by atoms with van der Waals surface area (Å²) < 4.78 is 0. The van der Waals surface area contributed by atoms with Crippen LogP contribution < -0.4 is 24.8 Å². The number of halogens is 2. The molecule has 0 N–H and O–H groups in total. The van der Waals surface area contributed by atoms with Gasteiger partial charge in [0, 0.05) is 5.92 Å². The van der Waals surface area contributed by atoms with Crippen molar-refractivity contribution in [3.8, 4) is 0 Å². The molecular weight excluding hydrogens is 438 g/mol. The summed E-state index contributed by atoms with van der Waals surface area (Å²) in [5.41, 5.74) is 7.89. The van der Waals surface area contributed by atoms with Gasteiger partial charge in [-0.15, -0.1) is 0 Å². The Labute approximate surface area is 190 Å². The minimum absolute atomic E-state index is 0. The molecular formula is C23H27Cl2Zr. The van der Waals surface area contributed by atoms with E-state index in [-0.39, 0.29) is 56.4 Å². The minimum Gasteiger partial charge on any atom is -1.00 e. The molecule has 3 aliphatic rings. The van der Waals surface area contributed by atoms with Gasteiger partial charge in [-0.25, -0.2) is 6.08 Å². The largest absolute Gasteiger partial charge is 3.00 e. The van der Waals surface area contributed by atoms with Gasteiger partial charge in [-0.1, -0.05) is 75.8 Å². The second kappa shape index (κ2) is 9.40. The van der Waals surface area contributed by atoms with Gasteiger partial charge in [0.05, 0.1) is 0 Å². The van der Waals surface area contributed by atoms with Gasteiger partial charge >= 0.3 is 26.2 Å². The van der Waals surface area contributed by atoms with Crippen LogP contribution in [-0.4, -0.2) is 0 Å². The van der Waals surface area contributed by atoms with Gasteiger partial charge in [0.2, 0.25) is 0 Å². The van der Waals surface area contributed by atoms with Gasteiger partial charge in [0.25, 0.3) is 0 Å². The van der Waals surface area contributed by atoms with Gasteiger partial charge in [-0.2, -0.15) is 11.1 Å². The fourth-order valence-electron chi connectivity index (χ4n) is 4.92. The van der Waals surface area contributed by atoms with Gasteiger partial charge in [-0.05, 0) is 35.5 Å². The molecule has 1 aromatic carbocycles. The summed E-state index contributed by atoms with van der Waals surface area (Å²) in [5.74, 6) is 0.982. The zero-order valence-corrected chi connectivity index (χ0v) is 19.9. The van der Waals surface area contributed by atoms with Crippen LogP contribution >= 0.6 is 0 Å². The summed E-state index contributed by atoms with van der Waals surface area (Å²) in [7, 11) is 0. The van der Waals surface area contributed by atoms with Gasteiger partial charge in [0.15, 0.2) is 0 Å². The molecule has 26 heavy (non-hydrogen) atoms. The molecule has 0 amide bonds. The van der Waals surface area contributed by atoms with E-state index in [2.05, 4.69) is 63.3 Å². The molecule has 1 aromatic rings. The van der Waals surface area contributed by atoms with Crippen molar-refractivity contribution in [1.82, 2.24) is 0 Å². The second-order valence-electron chi connectivity index (χ2n) is 8.09. The predicted molar refractivity (Wildman–Crippen MR) is 98.0 cm³/mol. The SMILES string of the molecule is CC1=CC(C(C)(C)C2[C-]=CC3=C2CCCCC3)c2ccccc21.[Cl-].[Cl-].[Zr+3]. The third-order valence-corrected chi connectivity index (χ3v) is 6.26. The van der Waals surface area contributed by atoms with Gasteiger partial charge in [0.1, 0.15) is 0 Å². The molecule has 0 heterocycles. The van der Waals surface area contributed by atoms with Gasteiger partial charge < -0.3 is 24.8 Å². The first-order chi connectivity index (χ1) is 11.1. The first-order valence-electron chi connectivity index (χ1n) is 9.18. The topological polar surface area (TPSA) is 0 Å². The number of rotatable bonds is 2. The van der Waals surface area contributed by atoms with Crippen molar-refractivity contribution in [1.29, 1.82) is 0 Å². The number of fused-ring (bicyclic) bond motifs is 1. The number of allylic oxidation sites excluding steroid dienone is 6. The maximum absolute atomic E-state index is 3.76. The summed E-state index contributed by atoms with van der Waals surface area (Å²) >= 11 is 0. The van der Waals surface area contributed by atoms with E-state index >= 15 is 0 Å². The molecule has 0 saturated heterocycles. The zero-order valence-electron chi connectivity index (χ0n) is 15.9. The fourth-order valence-corrected chi connectivity index (χ4v) is 4.92. The number of hydrogen-bond acceptors (Lipinski definition) is 0. The van der Waals surface area contributed by atoms with Crippen LogP contribution in [0.25, 0.3) is 5.57 Å². The van der Waals surface area contributed by atoms with Crippen LogP contribution in [0.3, 0.4) is 0 Å². The van der Waals surface area contributed by atoms with Crippen LogP contribution in [0.2, 0.25) is 0 Å². The third-order valence-electron chi connectivity index (χ3n) is 6.26. The van der Waals surface area contributed by atoms with Crippen LogP contribution in [0, 0.1) is 17.4 Å². The molecule has 3 aliphatic carbocycles. The van der Waals surface area contributed by atoms with Crippen molar-refractivity contribution in [2.45, 2.75) is 58.8 Å². The van der Waals surface area contributed by atoms with Crippen LogP contribution in [-0.2, 0) is 26.2 Å². The molecule has 0 fully saturated rings. The Morgan fingerprint density at radius 3 is 2.46 bits per heavy atom. The molecule has 3 heteroatoms. The molecule has 0 saturated carbocycles. The zero-order chi connectivity index (χ0) is 16.0. The number of benzene rings is 1. The summed E-state index contributed by atoms with van der Waals surface area (Å²) in [5, 5.41) is 0. The van der Waals surface area contributed by atoms with E-state index in [9.17, 15) is 0 Å². The Balaban J connectivity index is 0.00000113. The van der Waals surface area contributed by atoms with Crippen LogP contribution in [0.15, 0.2) is 47.6 Å². The fraction of sp³-hybridized carbons (Fsp3) is 0.478. The molecule has 1 radical (unpaired) electrons. The monoisotopic (exact) mass is 463 g/mol. The molecule has 0 spiro atoms. The average Bonchev–Trinajstić information content (AvgIpc) is 3.02. The summed E-state index contributed by atoms with van der Waals surface area (Å²) in [4.78, 5) is 0. The average molecular weight is 466 g/mol. The van der Waals surface area contributed by atoms with Crippen molar-refractivity contribution in [3.63, 3.8) is 0 Å². The Hall–Kier alpha value is -0.0969. The van der Waals surface area contributed by atoms with Crippen LogP contribution in [0.4, 0.5) is 0 Å². The smallest absolute Gasteiger partial charge is 1.00 e. The van der Waals surface area contributed by atoms with E-state index in [4.69, 9.17) is 0 Å². The van der Waals surface area contributed by atoms with Crippen molar-refractivity contribution in [3.05, 3.63) is 64.8 Å². The van der Waals surface area contributed by atoms with E-state index in [1.807, 2.05) is 0 Å². The molecule has 0 aliphatic heterocycles. The van der Waals surface area contributed by atoms with Crippen LogP contribution in [0.5, 0.6) is 0 Å². The quantitative estimate of drug-likeness (QED) is 0.558. The van der Waals surface area contributed by atoms with E-state index < -0.39 is 0 Å². The van der Waals surface area contributed by atoms with Crippen molar-refractivity contribution in [2.75, 3.05) is 0 Å². The first kappa shape index (κ1) is 23.9. The van der Waals surface area contributed by atoms with E-state index in [1.54, 1.807) is 11.1 Å². The summed E-state index contributed by atoms with van der Waals surface area (Å²) in [6.07, 6.45) is 15.2. The molecule has 0 bridgehead atoms. The first-order valence-corrected chi connectivity index (χ1v) is 9.18. The maximum atomic E-state index is 3.76. The minimum atomic E-state index is 0. The van der Waals surface area contributed by atoms with E-state index in [1.165, 1.54) is 48.8 Å². The molecule has 2 unspecified atom stereocenters. The van der Waals surface area contributed by atoms with Crippen molar-refractivity contribution >= 4 is 5.57 Å². The van der Waals surface area contributed by atoms with Crippen molar-refractivity contribution in [2.24, 2.45) is 11.3 Å². The maximum Gasteiger partial charge on any atom is 3.00 e. The number of hydrogen-bond donors (Lipinski definition) is 0. The molecule has 0 nitrogen and oxygen atoms in total. The Morgan fingerprint density at radius 2 is 1.69 bits per heavy atom. The van der Waals surface area contributed by atoms with E-state index in [0.717, 1.165) is 0 Å². The Bertz CT molecular complexity index is 727. The molecule has 0 aromatic heterocycles. The second-order valence-corrected chi connectivity index (χ2v) is 8.09. The molecule has 137 valence electrons. The third kappa shape index (κ3) is 4.01. The van der Waals surface area contributed by atoms with Gasteiger partial charge in [-0.3, -0.25) is 6.08 Å². The standard InChI is InChI=1S/C23H27.2ClH.Zr/c1-16-15-22(20-12-8-7-10-18(16)20)23(2,3)21-14-13-17-9-5-4-6-11-19(17)21;;;/h7-8,10,12-13,15,21-22H,4-6,9,11H2,1-3H3;2*1H;/q-1;;;+3/p-2. The normalized spacial score (nSPS) is 23.7. The Morgan fingerprint density at radius 1 is 1.00 bits per heavy atom.